The van der Waals surface area contributed by atoms with Crippen LogP contribution in [0.15, 0.2) is 48.5 Å². The van der Waals surface area contributed by atoms with Gasteiger partial charge in [-0.15, -0.1) is 0 Å². The molecule has 5 heteroatoms. The number of para-hydroxylation sites is 1. The van der Waals surface area contributed by atoms with Gasteiger partial charge in [-0.1, -0.05) is 24.3 Å². The van der Waals surface area contributed by atoms with Crippen LogP contribution in [0.2, 0.25) is 0 Å². The summed E-state index contributed by atoms with van der Waals surface area (Å²) in [6.07, 6.45) is 0. The minimum absolute atomic E-state index is 0.116. The smallest absolute Gasteiger partial charge is 0.247 e. The molecule has 0 spiro atoms. The molecule has 0 fully saturated rings. The van der Waals surface area contributed by atoms with Crippen molar-refractivity contribution in [2.75, 3.05) is 12.4 Å². The molecule has 0 aliphatic rings. The summed E-state index contributed by atoms with van der Waals surface area (Å²) in [4.78, 5) is 11.9. The molecule has 0 saturated carbocycles. The van der Waals surface area contributed by atoms with Crippen molar-refractivity contribution >= 4 is 11.6 Å². The average molecular weight is 288 g/mol. The van der Waals surface area contributed by atoms with Crippen molar-refractivity contribution in [3.05, 3.63) is 59.9 Å². The minimum Gasteiger partial charge on any atom is -0.494 e. The molecular weight excluding hydrogens is 271 g/mol. The average Bonchev–Trinajstić information content (AvgIpc) is 2.47. The fraction of sp³-hybridized carbons (Fsp3) is 0.188. The van der Waals surface area contributed by atoms with Crippen molar-refractivity contribution in [1.82, 2.24) is 0 Å². The van der Waals surface area contributed by atoms with Crippen molar-refractivity contribution in [3.8, 4) is 5.75 Å². The molecular formula is C16H17FN2O2. The first-order chi connectivity index (χ1) is 9.97. The molecule has 0 saturated heterocycles. The number of methoxy groups -OCH3 is 1. The largest absolute Gasteiger partial charge is 0.494 e. The van der Waals surface area contributed by atoms with Crippen LogP contribution in [0.5, 0.6) is 5.75 Å². The summed E-state index contributed by atoms with van der Waals surface area (Å²) in [5, 5.41) is 3.05. The van der Waals surface area contributed by atoms with Gasteiger partial charge in [0.25, 0.3) is 0 Å². The zero-order chi connectivity index (χ0) is 15.5. The molecule has 0 radical (unpaired) electrons. The van der Waals surface area contributed by atoms with Gasteiger partial charge in [0.05, 0.1) is 7.11 Å². The Kier molecular flexibility index (Phi) is 4.12. The van der Waals surface area contributed by atoms with Crippen molar-refractivity contribution < 1.29 is 13.9 Å². The van der Waals surface area contributed by atoms with Crippen molar-refractivity contribution in [3.63, 3.8) is 0 Å². The first-order valence-corrected chi connectivity index (χ1v) is 6.44. The molecule has 2 aromatic rings. The van der Waals surface area contributed by atoms with Gasteiger partial charge >= 0.3 is 0 Å². The number of nitrogens with one attached hydrogen (secondary N) is 1. The first-order valence-electron chi connectivity index (χ1n) is 6.44. The topological polar surface area (TPSA) is 64.3 Å². The quantitative estimate of drug-likeness (QED) is 0.889. The molecule has 0 aliphatic carbocycles. The van der Waals surface area contributed by atoms with E-state index >= 15 is 0 Å². The monoisotopic (exact) mass is 288 g/mol. The summed E-state index contributed by atoms with van der Waals surface area (Å²) >= 11 is 0. The highest BCUT2D eigenvalue weighted by atomic mass is 19.1. The third kappa shape index (κ3) is 2.97. The normalized spacial score (nSPS) is 13.3. The lowest BCUT2D eigenvalue weighted by molar-refractivity contribution is -0.122. The van der Waals surface area contributed by atoms with E-state index in [0.717, 1.165) is 5.69 Å². The Balaban J connectivity index is 2.42. The molecule has 0 aliphatic heterocycles. The first kappa shape index (κ1) is 14.8. The van der Waals surface area contributed by atoms with Gasteiger partial charge in [-0.2, -0.15) is 0 Å². The zero-order valence-corrected chi connectivity index (χ0v) is 11.9. The second kappa shape index (κ2) is 5.83. The zero-order valence-electron chi connectivity index (χ0n) is 11.9. The van der Waals surface area contributed by atoms with Gasteiger partial charge in [0.1, 0.15) is 5.54 Å². The highest BCUT2D eigenvalue weighted by Gasteiger charge is 2.33. The van der Waals surface area contributed by atoms with Gasteiger partial charge in [-0.3, -0.25) is 4.79 Å². The van der Waals surface area contributed by atoms with Crippen LogP contribution in [0, 0.1) is 5.82 Å². The van der Waals surface area contributed by atoms with Crippen molar-refractivity contribution in [2.45, 2.75) is 12.5 Å². The fourth-order valence-electron chi connectivity index (χ4n) is 2.06. The highest BCUT2D eigenvalue weighted by Crippen LogP contribution is 2.29. The Hall–Kier alpha value is -2.56. The minimum atomic E-state index is -1.23. The van der Waals surface area contributed by atoms with Gasteiger partial charge in [-0.05, 0) is 36.8 Å². The number of halogens is 1. The number of carbonyl (C=O) groups excluding carboxylic acids is 1. The predicted octanol–water partition coefficient (Wildman–Crippen LogP) is 2.65. The van der Waals surface area contributed by atoms with E-state index in [-0.39, 0.29) is 5.75 Å². The van der Waals surface area contributed by atoms with Crippen molar-refractivity contribution in [1.29, 1.82) is 0 Å². The third-order valence-corrected chi connectivity index (χ3v) is 3.39. The van der Waals surface area contributed by atoms with Crippen LogP contribution in [-0.2, 0) is 10.3 Å². The molecule has 4 nitrogen and oxygen atoms in total. The Morgan fingerprint density at radius 2 is 1.90 bits per heavy atom. The van der Waals surface area contributed by atoms with E-state index in [2.05, 4.69) is 5.32 Å². The van der Waals surface area contributed by atoms with Gasteiger partial charge in [0.15, 0.2) is 11.6 Å². The van der Waals surface area contributed by atoms with E-state index in [1.807, 2.05) is 18.2 Å². The molecule has 2 aromatic carbocycles. The van der Waals surface area contributed by atoms with E-state index < -0.39 is 17.3 Å². The second-order valence-corrected chi connectivity index (χ2v) is 4.83. The lowest BCUT2D eigenvalue weighted by Gasteiger charge is -2.29. The van der Waals surface area contributed by atoms with E-state index in [0.29, 0.717) is 5.56 Å². The fourth-order valence-corrected chi connectivity index (χ4v) is 2.06. The molecule has 0 aromatic heterocycles. The predicted molar refractivity (Wildman–Crippen MR) is 79.6 cm³/mol. The number of amides is 1. The SMILES string of the molecule is COc1ccc(C(C)(Nc2ccccc2)C(N)=O)cc1F. The Morgan fingerprint density at radius 3 is 2.43 bits per heavy atom. The number of hydrogen-bond donors (Lipinski definition) is 2. The van der Waals surface area contributed by atoms with E-state index in [1.54, 1.807) is 25.1 Å². The van der Waals surface area contributed by atoms with Crippen LogP contribution in [0.1, 0.15) is 12.5 Å². The van der Waals surface area contributed by atoms with Crippen LogP contribution in [0.3, 0.4) is 0 Å². The molecule has 2 rings (SSSR count). The Labute approximate surface area is 122 Å². The number of hydrogen-bond acceptors (Lipinski definition) is 3. The van der Waals surface area contributed by atoms with Crippen LogP contribution >= 0.6 is 0 Å². The summed E-state index contributed by atoms with van der Waals surface area (Å²) in [5.74, 6) is -1.03. The molecule has 0 heterocycles. The number of rotatable bonds is 5. The van der Waals surface area contributed by atoms with Gasteiger partial charge in [-0.25, -0.2) is 4.39 Å². The maximum atomic E-state index is 13.9. The Morgan fingerprint density at radius 1 is 1.24 bits per heavy atom. The summed E-state index contributed by atoms with van der Waals surface area (Å²) in [7, 11) is 1.38. The summed E-state index contributed by atoms with van der Waals surface area (Å²) in [5.41, 5.74) is 5.43. The van der Waals surface area contributed by atoms with Crippen LogP contribution in [-0.4, -0.2) is 13.0 Å². The van der Waals surface area contributed by atoms with Gasteiger partial charge < -0.3 is 15.8 Å². The van der Waals surface area contributed by atoms with Crippen LogP contribution < -0.4 is 15.8 Å². The summed E-state index contributed by atoms with van der Waals surface area (Å²) < 4.78 is 18.8. The summed E-state index contributed by atoms with van der Waals surface area (Å²) in [6, 6.07) is 13.5. The van der Waals surface area contributed by atoms with Gasteiger partial charge in [0.2, 0.25) is 5.91 Å². The molecule has 3 N–H and O–H groups in total. The molecule has 0 bridgehead atoms. The maximum absolute atomic E-state index is 13.9. The number of ether oxygens (including phenoxy) is 1. The number of anilines is 1. The molecule has 1 unspecified atom stereocenters. The maximum Gasteiger partial charge on any atom is 0.247 e. The lowest BCUT2D eigenvalue weighted by Crippen LogP contribution is -2.45. The molecule has 110 valence electrons. The van der Waals surface area contributed by atoms with E-state index in [1.165, 1.54) is 19.2 Å². The van der Waals surface area contributed by atoms with E-state index in [4.69, 9.17) is 10.5 Å². The van der Waals surface area contributed by atoms with Crippen LogP contribution in [0.25, 0.3) is 0 Å². The lowest BCUT2D eigenvalue weighted by atomic mass is 9.90. The van der Waals surface area contributed by atoms with Crippen LogP contribution in [0.4, 0.5) is 10.1 Å². The highest BCUT2D eigenvalue weighted by molar-refractivity contribution is 5.89. The van der Waals surface area contributed by atoms with Crippen molar-refractivity contribution in [2.24, 2.45) is 5.73 Å². The van der Waals surface area contributed by atoms with Gasteiger partial charge in [0, 0.05) is 5.69 Å². The standard InChI is InChI=1S/C16H17FN2O2/c1-16(15(18)20,19-12-6-4-3-5-7-12)11-8-9-14(21-2)13(17)10-11/h3-10,19H,1-2H3,(H2,18,20). The summed E-state index contributed by atoms with van der Waals surface area (Å²) in [6.45, 7) is 1.61. The molecule has 1 atom stereocenters. The number of benzene rings is 2. The molecule has 21 heavy (non-hydrogen) atoms. The third-order valence-electron chi connectivity index (χ3n) is 3.39. The number of carbonyl (C=O) groups is 1. The molecule has 1 amide bonds. The number of nitrogens with two attached hydrogens (primary N) is 1. The second-order valence-electron chi connectivity index (χ2n) is 4.83. The number of primary amides is 1. The Bertz CT molecular complexity index is 646. The van der Waals surface area contributed by atoms with E-state index in [9.17, 15) is 9.18 Å².